The van der Waals surface area contributed by atoms with Crippen molar-refractivity contribution in [2.24, 2.45) is 0 Å². The molecular formula is C24H24Cl2SiZr. The van der Waals surface area contributed by atoms with Gasteiger partial charge in [-0.2, -0.15) is 0 Å². The van der Waals surface area contributed by atoms with E-state index >= 15 is 0 Å². The molecule has 5 rings (SSSR count). The van der Waals surface area contributed by atoms with Crippen molar-refractivity contribution in [3.63, 3.8) is 0 Å². The van der Waals surface area contributed by atoms with Gasteiger partial charge in [-0.25, -0.2) is 0 Å². The maximum absolute atomic E-state index is 2.57. The molecule has 0 spiro atoms. The maximum Gasteiger partial charge on any atom is -1.00 e. The molecule has 0 amide bonds. The molecule has 28 heavy (non-hydrogen) atoms. The monoisotopic (exact) mass is 500 g/mol. The second-order valence-corrected chi connectivity index (χ2v) is 13.5. The van der Waals surface area contributed by atoms with Gasteiger partial charge in [-0.15, -0.1) is 0 Å². The normalized spacial score (nSPS) is 22.0. The minimum atomic E-state index is -0.650. The van der Waals surface area contributed by atoms with Crippen LogP contribution in [0, 0.1) is 13.8 Å². The number of halogens is 2. The molecule has 2 aromatic rings. The second kappa shape index (κ2) is 8.68. The van der Waals surface area contributed by atoms with Crippen LogP contribution in [-0.4, -0.2) is 14.3 Å². The van der Waals surface area contributed by atoms with E-state index in [0.717, 1.165) is 7.25 Å². The van der Waals surface area contributed by atoms with Gasteiger partial charge in [0.05, 0.1) is 0 Å². The van der Waals surface area contributed by atoms with Gasteiger partial charge in [-0.05, 0) is 0 Å². The Balaban J connectivity index is 0.00000112. The Labute approximate surface area is 194 Å². The first-order chi connectivity index (χ1) is 12.6. The van der Waals surface area contributed by atoms with E-state index in [-0.39, 0.29) is 24.8 Å². The van der Waals surface area contributed by atoms with Crippen LogP contribution < -0.4 is 24.8 Å². The molecule has 2 aromatic carbocycles. The summed E-state index contributed by atoms with van der Waals surface area (Å²) in [6.07, 6.45) is 6.38. The van der Waals surface area contributed by atoms with Gasteiger partial charge < -0.3 is 24.8 Å². The molecule has 3 aliphatic rings. The first-order valence-corrected chi connectivity index (χ1v) is 14.0. The standard InChI is InChI=1S/C24H24Si.2ClH.Zr/c1-4-25-24(23-14-20-8-6-17(3)10-22(20)15-23)13-18-11-19-7-5-16(2)9-21(19)12-18;;;/h5-12,14-15,25H,4,13H2,1-3H3;2*1H;/q;;;+2/p-2. The van der Waals surface area contributed by atoms with E-state index < -0.39 is 23.2 Å². The number of aryl methyl sites for hydroxylation is 2. The average Bonchev–Trinajstić information content (AvgIpc) is 3.08. The fourth-order valence-corrected chi connectivity index (χ4v) is 11.6. The molecule has 2 atom stereocenters. The van der Waals surface area contributed by atoms with E-state index in [9.17, 15) is 0 Å². The van der Waals surface area contributed by atoms with Crippen molar-refractivity contribution in [2.75, 3.05) is 0 Å². The number of rotatable bonds is 1. The Bertz CT molecular complexity index is 1020. The summed E-state index contributed by atoms with van der Waals surface area (Å²) in [4.78, 5) is 0. The number of benzene rings is 2. The van der Waals surface area contributed by atoms with Gasteiger partial charge in [0.25, 0.3) is 0 Å². The maximum atomic E-state index is 2.57. The summed E-state index contributed by atoms with van der Waals surface area (Å²) in [6, 6.07) is 15.7. The molecule has 0 saturated carbocycles. The van der Waals surface area contributed by atoms with Crippen molar-refractivity contribution < 1.29 is 48.0 Å². The Hall–Kier alpha value is -0.530. The van der Waals surface area contributed by atoms with Crippen LogP contribution in [0.3, 0.4) is 0 Å². The number of fused-ring (bicyclic) bond motifs is 6. The van der Waals surface area contributed by atoms with Gasteiger partial charge in [0, 0.05) is 0 Å². The second-order valence-electron chi connectivity index (χ2n) is 7.93. The van der Waals surface area contributed by atoms with Crippen molar-refractivity contribution in [1.82, 2.24) is 0 Å². The predicted octanol–water partition coefficient (Wildman–Crippen LogP) is -0.579. The first kappa shape index (κ1) is 22.2. The molecule has 0 bridgehead atoms. The average molecular weight is 503 g/mol. The fourth-order valence-electron chi connectivity index (χ4n) is 4.80. The molecule has 0 radical (unpaired) electrons. The molecule has 1 heterocycles. The van der Waals surface area contributed by atoms with Crippen LogP contribution in [0.25, 0.3) is 12.2 Å². The third-order valence-corrected chi connectivity index (χ3v) is 12.3. The summed E-state index contributed by atoms with van der Waals surface area (Å²) in [5, 5.41) is 1.81. The van der Waals surface area contributed by atoms with Crippen LogP contribution >= 0.6 is 0 Å². The number of allylic oxidation sites excluding steroid dienone is 2. The van der Waals surface area contributed by atoms with Gasteiger partial charge in [0.2, 0.25) is 0 Å². The Kier molecular flexibility index (Phi) is 6.87. The van der Waals surface area contributed by atoms with Gasteiger partial charge in [0.1, 0.15) is 0 Å². The largest absolute Gasteiger partial charge is 1.00 e. The molecule has 0 nitrogen and oxygen atoms in total. The fraction of sp³-hybridized carbons (Fsp3) is 0.292. The van der Waals surface area contributed by atoms with E-state index in [1.165, 1.54) is 34.7 Å². The smallest absolute Gasteiger partial charge is 1.00 e. The molecule has 142 valence electrons. The van der Waals surface area contributed by atoms with Crippen LogP contribution in [0.4, 0.5) is 0 Å². The van der Waals surface area contributed by atoms with Gasteiger partial charge in [-0.1, -0.05) is 0 Å². The van der Waals surface area contributed by atoms with Gasteiger partial charge in [0.15, 0.2) is 0 Å². The van der Waals surface area contributed by atoms with E-state index in [1.807, 2.05) is 5.17 Å². The van der Waals surface area contributed by atoms with E-state index in [0.29, 0.717) is 9.13 Å². The van der Waals surface area contributed by atoms with Crippen molar-refractivity contribution >= 4 is 26.5 Å². The van der Waals surface area contributed by atoms with Crippen LogP contribution in [0.5, 0.6) is 0 Å². The third kappa shape index (κ3) is 3.67. The van der Waals surface area contributed by atoms with Gasteiger partial charge in [-0.3, -0.25) is 0 Å². The molecular weight excluding hydrogens is 478 g/mol. The van der Waals surface area contributed by atoms with Crippen molar-refractivity contribution in [2.45, 2.75) is 40.5 Å². The Morgan fingerprint density at radius 2 is 1.50 bits per heavy atom. The molecule has 1 fully saturated rings. The van der Waals surface area contributed by atoms with Crippen molar-refractivity contribution in [1.29, 1.82) is 0 Å². The van der Waals surface area contributed by atoms with Crippen molar-refractivity contribution in [3.05, 3.63) is 80.9 Å². The molecule has 2 unspecified atom stereocenters. The van der Waals surface area contributed by atoms with Crippen LogP contribution in [0.15, 0.2) is 47.5 Å². The zero-order valence-electron chi connectivity index (χ0n) is 16.5. The van der Waals surface area contributed by atoms with Crippen molar-refractivity contribution in [3.8, 4) is 0 Å². The summed E-state index contributed by atoms with van der Waals surface area (Å²) in [6.45, 7) is 6.82. The zero-order valence-corrected chi connectivity index (χ0v) is 21.6. The Morgan fingerprint density at radius 3 is 2.14 bits per heavy atom. The van der Waals surface area contributed by atoms with Gasteiger partial charge >= 0.3 is 171 Å². The summed E-state index contributed by atoms with van der Waals surface area (Å²) in [5.41, 5.74) is 12.6. The van der Waals surface area contributed by atoms with Crippen LogP contribution in [0.2, 0.25) is 6.04 Å². The Morgan fingerprint density at radius 1 is 0.893 bits per heavy atom. The predicted molar refractivity (Wildman–Crippen MR) is 111 cm³/mol. The topological polar surface area (TPSA) is 0 Å². The number of hydrogen-bond donors (Lipinski definition) is 0. The molecule has 2 aliphatic carbocycles. The third-order valence-electron chi connectivity index (χ3n) is 5.99. The van der Waals surface area contributed by atoms with E-state index in [4.69, 9.17) is 0 Å². The van der Waals surface area contributed by atoms with E-state index in [2.05, 4.69) is 69.3 Å². The SMILES string of the molecule is CC[SiH]=C1CC2=Cc3cc(C)ccc3[CH]2[Zr+2][CH]2C1=Cc1cc(C)ccc12.[Cl-].[Cl-]. The first-order valence-electron chi connectivity index (χ1n) is 9.72. The minimum Gasteiger partial charge on any atom is -1.00 e. The number of hydrogen-bond acceptors (Lipinski definition) is 0. The molecule has 0 aromatic heterocycles. The quantitative estimate of drug-likeness (QED) is 0.458. The van der Waals surface area contributed by atoms with Crippen LogP contribution in [0.1, 0.15) is 54.0 Å². The summed E-state index contributed by atoms with van der Waals surface area (Å²) >= 11 is -0.650. The molecule has 4 heteroatoms. The molecule has 1 saturated heterocycles. The molecule has 1 aliphatic heterocycles. The van der Waals surface area contributed by atoms with Crippen LogP contribution in [-0.2, 0) is 23.2 Å². The summed E-state index contributed by atoms with van der Waals surface area (Å²) < 4.78 is 1.55. The van der Waals surface area contributed by atoms with E-state index in [1.54, 1.807) is 22.3 Å². The molecule has 0 N–H and O–H groups in total. The summed E-state index contributed by atoms with van der Waals surface area (Å²) in [5.74, 6) is 0. The zero-order chi connectivity index (χ0) is 17.8. The minimum absolute atomic E-state index is 0. The summed E-state index contributed by atoms with van der Waals surface area (Å²) in [7, 11) is 0.434.